The summed E-state index contributed by atoms with van der Waals surface area (Å²) < 4.78 is 11.5. The smallest absolute Gasteiger partial charge is 0.143 e. The van der Waals surface area contributed by atoms with Crippen molar-refractivity contribution in [1.82, 2.24) is 9.13 Å². The molecule has 0 amide bonds. The van der Waals surface area contributed by atoms with Gasteiger partial charge in [-0.05, 0) is 111 Å². The molecule has 298 valence electrons. The van der Waals surface area contributed by atoms with Gasteiger partial charge in [-0.25, -0.2) is 0 Å². The number of fused-ring (bicyclic) bond motifs is 16. The van der Waals surface area contributed by atoms with Gasteiger partial charge in [-0.2, -0.15) is 0 Å². The molecule has 3 heteroatoms. The highest BCUT2D eigenvalue weighted by atomic mass is 16.3. The Morgan fingerprint density at radius 1 is 0.349 bits per heavy atom. The van der Waals surface area contributed by atoms with Gasteiger partial charge >= 0.3 is 0 Å². The molecule has 63 heavy (non-hydrogen) atoms. The van der Waals surface area contributed by atoms with Crippen molar-refractivity contribution in [3.05, 3.63) is 204 Å². The molecule has 12 aromatic rings. The molecular formula is C60H42N2O. The van der Waals surface area contributed by atoms with Gasteiger partial charge in [0.2, 0.25) is 0 Å². The maximum absolute atomic E-state index is 6.61. The lowest BCUT2D eigenvalue weighted by Gasteiger charge is -2.22. The van der Waals surface area contributed by atoms with E-state index in [4.69, 9.17) is 4.42 Å². The van der Waals surface area contributed by atoms with E-state index in [9.17, 15) is 0 Å². The van der Waals surface area contributed by atoms with Gasteiger partial charge in [0.1, 0.15) is 11.2 Å². The predicted octanol–water partition coefficient (Wildman–Crippen LogP) is 16.1. The van der Waals surface area contributed by atoms with E-state index in [0.29, 0.717) is 0 Å². The molecule has 3 heterocycles. The zero-order chi connectivity index (χ0) is 41.9. The fraction of sp³-hybridized carbons (Fsp3) is 0.100. The van der Waals surface area contributed by atoms with Crippen LogP contribution in [0.3, 0.4) is 0 Å². The highest BCUT2D eigenvalue weighted by molar-refractivity contribution is 6.14. The van der Waals surface area contributed by atoms with Gasteiger partial charge in [0, 0.05) is 60.1 Å². The first kappa shape index (κ1) is 35.0. The van der Waals surface area contributed by atoms with Crippen LogP contribution in [0.2, 0.25) is 0 Å². The lowest BCUT2D eigenvalue weighted by Crippen LogP contribution is -2.15. The maximum atomic E-state index is 6.61. The van der Waals surface area contributed by atoms with E-state index in [0.717, 1.165) is 11.2 Å². The fourth-order valence-corrected chi connectivity index (χ4v) is 11.8. The molecule has 0 N–H and O–H groups in total. The second-order valence-electron chi connectivity index (χ2n) is 18.9. The Morgan fingerprint density at radius 3 is 1.68 bits per heavy atom. The average Bonchev–Trinajstić information content (AvgIpc) is 4.07. The normalized spacial score (nSPS) is 14.6. The van der Waals surface area contributed by atoms with Gasteiger partial charge in [-0.15, -0.1) is 0 Å². The monoisotopic (exact) mass is 806 g/mol. The quantitative estimate of drug-likeness (QED) is 0.174. The standard InChI is InChI=1S/C60H42N2O/c1-59(2)48-17-9-5-13-39(48)40-26-23-38(33-50(40)59)62-52-18-10-6-14-41(52)43-25-21-36(32-55(43)62)35-22-30-54-47(31-35)42-15-7-11-19-53(42)61(54)37-24-27-46-51(34-37)60(3,4)49-29-28-45-44-16-8-12-20-56(44)63-58(45)57(46)49/h5-34H,1-4H3. The highest BCUT2D eigenvalue weighted by Gasteiger charge is 2.39. The Labute approximate surface area is 365 Å². The molecular weight excluding hydrogens is 765 g/mol. The summed E-state index contributed by atoms with van der Waals surface area (Å²) in [7, 11) is 0. The summed E-state index contributed by atoms with van der Waals surface area (Å²) in [5.41, 5.74) is 21.8. The largest absolute Gasteiger partial charge is 0.455 e. The fourth-order valence-electron chi connectivity index (χ4n) is 11.8. The summed E-state index contributed by atoms with van der Waals surface area (Å²) in [5.74, 6) is 0. The van der Waals surface area contributed by atoms with Crippen molar-refractivity contribution in [3.63, 3.8) is 0 Å². The number of aromatic nitrogens is 2. The lowest BCUT2D eigenvalue weighted by molar-refractivity contribution is 0.653. The first-order valence-corrected chi connectivity index (χ1v) is 22.2. The maximum Gasteiger partial charge on any atom is 0.143 e. The van der Waals surface area contributed by atoms with Crippen LogP contribution in [0, 0.1) is 0 Å². The molecule has 0 atom stereocenters. The van der Waals surface area contributed by atoms with Crippen LogP contribution in [-0.2, 0) is 10.8 Å². The van der Waals surface area contributed by atoms with Crippen LogP contribution in [0.5, 0.6) is 0 Å². The van der Waals surface area contributed by atoms with Crippen LogP contribution >= 0.6 is 0 Å². The first-order chi connectivity index (χ1) is 30.8. The van der Waals surface area contributed by atoms with Crippen LogP contribution in [0.1, 0.15) is 49.9 Å². The minimum Gasteiger partial charge on any atom is -0.455 e. The molecule has 9 aromatic carbocycles. The van der Waals surface area contributed by atoms with Gasteiger partial charge < -0.3 is 13.6 Å². The molecule has 3 nitrogen and oxygen atoms in total. The van der Waals surface area contributed by atoms with Gasteiger partial charge in [0.05, 0.1) is 22.1 Å². The first-order valence-electron chi connectivity index (χ1n) is 22.2. The van der Waals surface area contributed by atoms with E-state index in [-0.39, 0.29) is 10.8 Å². The molecule has 0 spiro atoms. The zero-order valence-electron chi connectivity index (χ0n) is 35.6. The van der Waals surface area contributed by atoms with Crippen molar-refractivity contribution in [2.75, 3.05) is 0 Å². The Kier molecular flexibility index (Phi) is 6.70. The summed E-state index contributed by atoms with van der Waals surface area (Å²) in [6.07, 6.45) is 0. The second-order valence-corrected chi connectivity index (χ2v) is 18.9. The van der Waals surface area contributed by atoms with Gasteiger partial charge in [0.25, 0.3) is 0 Å². The molecule has 14 rings (SSSR count). The summed E-state index contributed by atoms with van der Waals surface area (Å²) >= 11 is 0. The van der Waals surface area contributed by atoms with Crippen molar-refractivity contribution in [1.29, 1.82) is 0 Å². The van der Waals surface area contributed by atoms with E-state index in [1.165, 1.54) is 121 Å². The number of benzene rings is 9. The van der Waals surface area contributed by atoms with Gasteiger partial charge in [0.15, 0.2) is 0 Å². The third-order valence-corrected chi connectivity index (χ3v) is 14.9. The molecule has 0 fully saturated rings. The molecule has 0 unspecified atom stereocenters. The minimum atomic E-state index is -0.193. The number of para-hydroxylation sites is 3. The SMILES string of the molecule is CC1(C)c2ccccc2-c2ccc(-n3c4ccccc4c4ccc(-c5ccc6c(c5)c5ccccc5n6-c5ccc6c(c5)C(C)(C)c5ccc7c(oc8ccccc87)c5-6)cc43)cc21. The van der Waals surface area contributed by atoms with Crippen LogP contribution < -0.4 is 0 Å². The van der Waals surface area contributed by atoms with Crippen molar-refractivity contribution < 1.29 is 4.42 Å². The van der Waals surface area contributed by atoms with Crippen molar-refractivity contribution >= 4 is 65.6 Å². The van der Waals surface area contributed by atoms with Crippen LogP contribution in [0.15, 0.2) is 186 Å². The van der Waals surface area contributed by atoms with E-state index >= 15 is 0 Å². The number of hydrogen-bond acceptors (Lipinski definition) is 1. The van der Waals surface area contributed by atoms with Crippen molar-refractivity contribution in [3.8, 4) is 44.8 Å². The van der Waals surface area contributed by atoms with Crippen molar-refractivity contribution in [2.24, 2.45) is 0 Å². The summed E-state index contributed by atoms with van der Waals surface area (Å²) in [6.45, 7) is 9.44. The Hall–Kier alpha value is -7.62. The van der Waals surface area contributed by atoms with Crippen LogP contribution in [0.25, 0.3) is 110 Å². The predicted molar refractivity (Wildman–Crippen MR) is 263 cm³/mol. The average molecular weight is 807 g/mol. The lowest BCUT2D eigenvalue weighted by atomic mass is 9.82. The van der Waals surface area contributed by atoms with E-state index in [2.05, 4.69) is 219 Å². The number of rotatable bonds is 3. The summed E-state index contributed by atoms with van der Waals surface area (Å²) in [5, 5.41) is 7.37. The highest BCUT2D eigenvalue weighted by Crippen LogP contribution is 2.54. The topological polar surface area (TPSA) is 23.0 Å². The van der Waals surface area contributed by atoms with Gasteiger partial charge in [-0.1, -0.05) is 149 Å². The molecule has 2 aliphatic rings. The number of furan rings is 1. The Morgan fingerprint density at radius 2 is 0.889 bits per heavy atom. The summed E-state index contributed by atoms with van der Waals surface area (Å²) in [6, 6.07) is 67.8. The van der Waals surface area contributed by atoms with Gasteiger partial charge in [-0.3, -0.25) is 0 Å². The summed E-state index contributed by atoms with van der Waals surface area (Å²) in [4.78, 5) is 0. The van der Waals surface area contributed by atoms with E-state index < -0.39 is 0 Å². The second kappa shape index (κ2) is 12.1. The minimum absolute atomic E-state index is 0.0797. The number of nitrogens with zero attached hydrogens (tertiary/aromatic N) is 2. The van der Waals surface area contributed by atoms with E-state index in [1.807, 2.05) is 0 Å². The molecule has 0 radical (unpaired) electrons. The zero-order valence-corrected chi connectivity index (χ0v) is 35.6. The molecule has 0 saturated carbocycles. The van der Waals surface area contributed by atoms with E-state index in [1.54, 1.807) is 0 Å². The third-order valence-electron chi connectivity index (χ3n) is 14.9. The molecule has 0 aliphatic heterocycles. The number of hydrogen-bond donors (Lipinski definition) is 0. The molecule has 0 bridgehead atoms. The third kappa shape index (κ3) is 4.54. The molecule has 0 saturated heterocycles. The van der Waals surface area contributed by atoms with Crippen LogP contribution in [0.4, 0.5) is 0 Å². The molecule has 2 aliphatic carbocycles. The van der Waals surface area contributed by atoms with Crippen molar-refractivity contribution in [2.45, 2.75) is 38.5 Å². The Bertz CT molecular complexity index is 3980. The Balaban J connectivity index is 0.919. The molecule has 3 aromatic heterocycles. The van der Waals surface area contributed by atoms with Crippen LogP contribution in [-0.4, -0.2) is 9.13 Å².